The molecule has 1 aliphatic carbocycles. The first-order valence-corrected chi connectivity index (χ1v) is 6.29. The molecule has 2 aliphatic rings. The van der Waals surface area contributed by atoms with Crippen molar-refractivity contribution in [1.29, 1.82) is 0 Å². The number of aromatic nitrogens is 1. The lowest BCUT2D eigenvalue weighted by Gasteiger charge is -2.23. The Hall–Kier alpha value is -2.42. The summed E-state index contributed by atoms with van der Waals surface area (Å²) in [6, 6.07) is 9.99. The Kier molecular flexibility index (Phi) is 2.09. The average Bonchev–Trinajstić information content (AvgIpc) is 2.45. The highest BCUT2D eigenvalue weighted by Crippen LogP contribution is 2.34. The number of rotatable bonds is 0. The van der Waals surface area contributed by atoms with Crippen molar-refractivity contribution in [2.45, 2.75) is 13.0 Å². The van der Waals surface area contributed by atoms with Crippen LogP contribution in [-0.4, -0.2) is 10.8 Å². The first kappa shape index (κ1) is 10.5. The van der Waals surface area contributed by atoms with Crippen LogP contribution in [0.2, 0.25) is 0 Å². The minimum Gasteiger partial charge on any atom is -0.488 e. The van der Waals surface area contributed by atoms with Crippen LogP contribution in [0.4, 0.5) is 0 Å². The van der Waals surface area contributed by atoms with E-state index in [2.05, 4.69) is 11.1 Å². The third-order valence-electron chi connectivity index (χ3n) is 3.52. The predicted molar refractivity (Wildman–Crippen MR) is 72.2 cm³/mol. The van der Waals surface area contributed by atoms with Crippen molar-refractivity contribution in [3.63, 3.8) is 0 Å². The van der Waals surface area contributed by atoms with Gasteiger partial charge in [0.1, 0.15) is 12.4 Å². The maximum absolute atomic E-state index is 12.1. The topological polar surface area (TPSA) is 39.2 Å². The number of benzene rings is 1. The van der Waals surface area contributed by atoms with Crippen LogP contribution in [0.25, 0.3) is 16.5 Å². The fraction of sp³-hybridized carbons (Fsp3) is 0.125. The molecule has 0 fully saturated rings. The summed E-state index contributed by atoms with van der Waals surface area (Å²) in [6.07, 6.45) is 4.14. The number of para-hydroxylation sites is 1. The minimum atomic E-state index is 0.0845. The van der Waals surface area contributed by atoms with Gasteiger partial charge in [-0.05, 0) is 18.2 Å². The summed E-state index contributed by atoms with van der Waals surface area (Å²) in [5, 5.41) is 1.08. The van der Waals surface area contributed by atoms with E-state index in [-0.39, 0.29) is 5.78 Å². The van der Waals surface area contributed by atoms with Crippen LogP contribution in [0.3, 0.4) is 0 Å². The van der Waals surface area contributed by atoms with E-state index < -0.39 is 0 Å². The molecule has 0 radical (unpaired) electrons. The Bertz CT molecular complexity index is 771. The normalized spacial score (nSPS) is 17.2. The number of nitrogens with zero attached hydrogens (tertiary/aromatic N) is 1. The third-order valence-corrected chi connectivity index (χ3v) is 3.52. The molecule has 2 heterocycles. The molecule has 1 aromatic heterocycles. The fourth-order valence-corrected chi connectivity index (χ4v) is 2.61. The summed E-state index contributed by atoms with van der Waals surface area (Å²) >= 11 is 0. The molecular formula is C16H11NO2. The van der Waals surface area contributed by atoms with Gasteiger partial charge in [-0.2, -0.15) is 0 Å². The average molecular weight is 249 g/mol. The summed E-state index contributed by atoms with van der Waals surface area (Å²) < 4.78 is 5.66. The highest BCUT2D eigenvalue weighted by Gasteiger charge is 2.27. The van der Waals surface area contributed by atoms with Crippen LogP contribution in [0.1, 0.15) is 17.7 Å². The molecule has 3 nitrogen and oxygen atoms in total. The van der Waals surface area contributed by atoms with Gasteiger partial charge in [0.25, 0.3) is 0 Å². The summed E-state index contributed by atoms with van der Waals surface area (Å²) in [7, 11) is 0. The summed E-state index contributed by atoms with van der Waals surface area (Å²) in [5.41, 5.74) is 3.32. The van der Waals surface area contributed by atoms with Crippen LogP contribution in [0.15, 0.2) is 48.2 Å². The van der Waals surface area contributed by atoms with E-state index in [0.717, 1.165) is 22.2 Å². The van der Waals surface area contributed by atoms with Crippen molar-refractivity contribution in [2.75, 3.05) is 0 Å². The number of carbonyl (C=O) groups is 1. The Labute approximate surface area is 110 Å². The lowest BCUT2D eigenvalue weighted by atomic mass is 9.93. The van der Waals surface area contributed by atoms with E-state index in [0.29, 0.717) is 24.4 Å². The number of hydrogen-bond acceptors (Lipinski definition) is 3. The number of carbonyl (C=O) groups excluding carboxylic acids is 1. The second-order valence-electron chi connectivity index (χ2n) is 4.75. The number of hydrogen-bond donors (Lipinski definition) is 0. The maximum atomic E-state index is 12.1. The molecule has 0 spiro atoms. The third kappa shape index (κ3) is 1.51. The molecule has 1 aromatic carbocycles. The zero-order chi connectivity index (χ0) is 12.8. The predicted octanol–water partition coefficient (Wildman–Crippen LogP) is 3.01. The molecule has 0 bridgehead atoms. The fourth-order valence-electron chi connectivity index (χ4n) is 2.61. The lowest BCUT2D eigenvalue weighted by molar-refractivity contribution is -0.113. The van der Waals surface area contributed by atoms with Crippen molar-refractivity contribution in [1.82, 2.24) is 4.98 Å². The van der Waals surface area contributed by atoms with E-state index in [9.17, 15) is 4.79 Å². The Balaban J connectivity index is 2.03. The molecule has 0 saturated heterocycles. The molecule has 4 rings (SSSR count). The molecule has 3 heteroatoms. The molecule has 0 saturated carbocycles. The van der Waals surface area contributed by atoms with E-state index in [1.807, 2.05) is 36.4 Å². The van der Waals surface area contributed by atoms with Gasteiger partial charge in [0.05, 0.1) is 16.8 Å². The van der Waals surface area contributed by atoms with Gasteiger partial charge in [0.15, 0.2) is 5.78 Å². The SMILES string of the molecule is O=C1CC=CC2=C1c1nc3ccccc3cc1CO2. The van der Waals surface area contributed by atoms with E-state index in [4.69, 9.17) is 4.74 Å². The van der Waals surface area contributed by atoms with Gasteiger partial charge in [0.2, 0.25) is 0 Å². The summed E-state index contributed by atoms with van der Waals surface area (Å²) in [5.74, 6) is 0.743. The smallest absolute Gasteiger partial charge is 0.172 e. The second-order valence-corrected chi connectivity index (χ2v) is 4.75. The highest BCUT2D eigenvalue weighted by molar-refractivity contribution is 6.23. The standard InChI is InChI=1S/C16H11NO2/c18-13-6-3-7-14-15(13)16-11(9-19-14)8-10-4-1-2-5-12(10)17-16/h1-5,7-8H,6,9H2. The molecule has 92 valence electrons. The molecule has 0 atom stereocenters. The zero-order valence-corrected chi connectivity index (χ0v) is 10.2. The van der Waals surface area contributed by atoms with E-state index in [1.54, 1.807) is 0 Å². The van der Waals surface area contributed by atoms with Gasteiger partial charge in [0, 0.05) is 17.4 Å². The minimum absolute atomic E-state index is 0.0845. The zero-order valence-electron chi connectivity index (χ0n) is 10.2. The molecule has 19 heavy (non-hydrogen) atoms. The molecule has 0 amide bonds. The first-order valence-electron chi connectivity index (χ1n) is 6.29. The van der Waals surface area contributed by atoms with Crippen molar-refractivity contribution in [2.24, 2.45) is 0 Å². The van der Waals surface area contributed by atoms with Crippen LogP contribution in [0, 0.1) is 0 Å². The van der Waals surface area contributed by atoms with Gasteiger partial charge in [-0.1, -0.05) is 24.3 Å². The number of ether oxygens (including phenoxy) is 1. The quantitative estimate of drug-likeness (QED) is 0.720. The van der Waals surface area contributed by atoms with Gasteiger partial charge in [-0.25, -0.2) is 4.98 Å². The van der Waals surface area contributed by atoms with Crippen LogP contribution in [-0.2, 0) is 16.1 Å². The van der Waals surface area contributed by atoms with Gasteiger partial charge < -0.3 is 4.74 Å². The van der Waals surface area contributed by atoms with Crippen molar-refractivity contribution < 1.29 is 9.53 Å². The maximum Gasteiger partial charge on any atom is 0.172 e. The molecule has 1 aliphatic heterocycles. The number of allylic oxidation sites excluding steroid dienone is 3. The van der Waals surface area contributed by atoms with E-state index in [1.165, 1.54) is 0 Å². The number of Topliss-reactive ketones (excluding diaryl/α,β-unsaturated/α-hetero) is 1. The monoisotopic (exact) mass is 249 g/mol. The van der Waals surface area contributed by atoms with Crippen molar-refractivity contribution in [3.05, 3.63) is 59.5 Å². The number of ketones is 1. The first-order chi connectivity index (χ1) is 9.33. The highest BCUT2D eigenvalue weighted by atomic mass is 16.5. The van der Waals surface area contributed by atoms with Crippen LogP contribution in [0.5, 0.6) is 0 Å². The van der Waals surface area contributed by atoms with E-state index >= 15 is 0 Å². The van der Waals surface area contributed by atoms with Gasteiger partial charge in [-0.15, -0.1) is 0 Å². The Morgan fingerprint density at radius 3 is 3.05 bits per heavy atom. The summed E-state index contributed by atoms with van der Waals surface area (Å²) in [4.78, 5) is 16.8. The van der Waals surface area contributed by atoms with Crippen LogP contribution < -0.4 is 0 Å². The Morgan fingerprint density at radius 1 is 1.21 bits per heavy atom. The Morgan fingerprint density at radius 2 is 2.11 bits per heavy atom. The van der Waals surface area contributed by atoms with Crippen LogP contribution >= 0.6 is 0 Å². The second kappa shape index (κ2) is 3.79. The molecule has 2 aromatic rings. The molecule has 0 N–H and O–H groups in total. The summed E-state index contributed by atoms with van der Waals surface area (Å²) in [6.45, 7) is 0.476. The molecular weight excluding hydrogens is 238 g/mol. The van der Waals surface area contributed by atoms with Crippen molar-refractivity contribution in [3.8, 4) is 0 Å². The largest absolute Gasteiger partial charge is 0.488 e. The van der Waals surface area contributed by atoms with Gasteiger partial charge in [-0.3, -0.25) is 4.79 Å². The number of pyridine rings is 1. The van der Waals surface area contributed by atoms with Gasteiger partial charge >= 0.3 is 0 Å². The van der Waals surface area contributed by atoms with Crippen molar-refractivity contribution >= 4 is 22.3 Å². The number of fused-ring (bicyclic) bond motifs is 3. The molecule has 0 unspecified atom stereocenters. The lowest BCUT2D eigenvalue weighted by Crippen LogP contribution is -2.16.